The minimum atomic E-state index is -3.57. The quantitative estimate of drug-likeness (QED) is 0.262. The summed E-state index contributed by atoms with van der Waals surface area (Å²) in [5.41, 5.74) is 3.21. The van der Waals surface area contributed by atoms with E-state index in [2.05, 4.69) is 5.32 Å². The SMILES string of the molecule is Cc1ccccc1N(CCCC(=O)N(Cc1ccc(Cl)cc1)C(Cc1ccccc1)C(=O)NCC(C)C)S(C)(=O)=O. The predicted molar refractivity (Wildman–Crippen MR) is 166 cm³/mol. The highest BCUT2D eigenvalue weighted by Gasteiger charge is 2.30. The number of hydrogen-bond acceptors (Lipinski definition) is 4. The number of nitrogens with zero attached hydrogens (tertiary/aromatic N) is 2. The second-order valence-corrected chi connectivity index (χ2v) is 13.1. The first-order valence-electron chi connectivity index (χ1n) is 13.8. The molecule has 41 heavy (non-hydrogen) atoms. The van der Waals surface area contributed by atoms with Crippen LogP contribution in [0.5, 0.6) is 0 Å². The molecule has 0 fully saturated rings. The van der Waals surface area contributed by atoms with E-state index in [-0.39, 0.29) is 37.2 Å². The maximum Gasteiger partial charge on any atom is 0.243 e. The third kappa shape index (κ3) is 9.90. The van der Waals surface area contributed by atoms with Crippen LogP contribution < -0.4 is 9.62 Å². The molecule has 0 heterocycles. The van der Waals surface area contributed by atoms with Gasteiger partial charge in [0.2, 0.25) is 21.8 Å². The van der Waals surface area contributed by atoms with Crippen molar-refractivity contribution in [3.05, 3.63) is 101 Å². The Morgan fingerprint density at radius 1 is 0.902 bits per heavy atom. The Labute approximate surface area is 249 Å². The highest BCUT2D eigenvalue weighted by molar-refractivity contribution is 7.92. The molecule has 1 atom stereocenters. The van der Waals surface area contributed by atoms with Crippen molar-refractivity contribution in [1.29, 1.82) is 0 Å². The summed E-state index contributed by atoms with van der Waals surface area (Å²) in [6.45, 7) is 6.75. The van der Waals surface area contributed by atoms with Crippen molar-refractivity contribution >= 4 is 39.1 Å². The van der Waals surface area contributed by atoms with E-state index in [1.165, 1.54) is 10.6 Å². The molecule has 7 nitrogen and oxygen atoms in total. The summed E-state index contributed by atoms with van der Waals surface area (Å²) in [5, 5.41) is 3.60. The molecule has 0 bridgehead atoms. The minimum Gasteiger partial charge on any atom is -0.354 e. The normalized spacial score (nSPS) is 12.1. The minimum absolute atomic E-state index is 0.0776. The summed E-state index contributed by atoms with van der Waals surface area (Å²) in [5.74, 6) is -0.193. The van der Waals surface area contributed by atoms with E-state index in [1.54, 1.807) is 29.2 Å². The van der Waals surface area contributed by atoms with E-state index >= 15 is 0 Å². The average molecular weight is 598 g/mol. The fourth-order valence-electron chi connectivity index (χ4n) is 4.59. The van der Waals surface area contributed by atoms with Crippen molar-refractivity contribution in [2.45, 2.75) is 52.6 Å². The lowest BCUT2D eigenvalue weighted by Gasteiger charge is -2.32. The van der Waals surface area contributed by atoms with Crippen LogP contribution in [0.25, 0.3) is 0 Å². The summed E-state index contributed by atoms with van der Waals surface area (Å²) in [6, 6.07) is 23.4. The van der Waals surface area contributed by atoms with Crippen molar-refractivity contribution in [3.63, 3.8) is 0 Å². The molecule has 3 aromatic rings. The van der Waals surface area contributed by atoms with Crippen molar-refractivity contribution in [3.8, 4) is 0 Å². The Kier molecular flexibility index (Phi) is 11.8. The summed E-state index contributed by atoms with van der Waals surface area (Å²) in [4.78, 5) is 29.1. The zero-order valence-corrected chi connectivity index (χ0v) is 25.8. The summed E-state index contributed by atoms with van der Waals surface area (Å²) in [6.07, 6.45) is 1.89. The van der Waals surface area contributed by atoms with Crippen LogP contribution in [0.15, 0.2) is 78.9 Å². The second kappa shape index (κ2) is 15.0. The molecule has 2 amide bonds. The van der Waals surface area contributed by atoms with Crippen LogP contribution in [0.4, 0.5) is 5.69 Å². The van der Waals surface area contributed by atoms with Gasteiger partial charge in [-0.1, -0.05) is 86.1 Å². The maximum atomic E-state index is 13.9. The average Bonchev–Trinajstić information content (AvgIpc) is 2.93. The molecule has 220 valence electrons. The van der Waals surface area contributed by atoms with E-state index < -0.39 is 16.1 Å². The molecule has 0 spiro atoms. The number of benzene rings is 3. The molecular formula is C32H40ClN3O4S. The van der Waals surface area contributed by atoms with Gasteiger partial charge in [0.15, 0.2) is 0 Å². The molecular weight excluding hydrogens is 558 g/mol. The lowest BCUT2D eigenvalue weighted by Crippen LogP contribution is -2.51. The number of carbonyl (C=O) groups excluding carboxylic acids is 2. The highest BCUT2D eigenvalue weighted by atomic mass is 35.5. The first-order valence-corrected chi connectivity index (χ1v) is 16.1. The van der Waals surface area contributed by atoms with E-state index in [1.807, 2.05) is 75.4 Å². The van der Waals surface area contributed by atoms with Gasteiger partial charge >= 0.3 is 0 Å². The summed E-state index contributed by atoms with van der Waals surface area (Å²) < 4.78 is 26.7. The lowest BCUT2D eigenvalue weighted by atomic mass is 10.0. The van der Waals surface area contributed by atoms with E-state index in [9.17, 15) is 18.0 Å². The van der Waals surface area contributed by atoms with Gasteiger partial charge in [0.05, 0.1) is 11.9 Å². The van der Waals surface area contributed by atoms with E-state index in [4.69, 9.17) is 11.6 Å². The predicted octanol–water partition coefficient (Wildman–Crippen LogP) is 5.61. The van der Waals surface area contributed by atoms with Gasteiger partial charge in [0, 0.05) is 37.5 Å². The summed E-state index contributed by atoms with van der Waals surface area (Å²) in [7, 11) is -3.57. The van der Waals surface area contributed by atoms with E-state index in [0.717, 1.165) is 16.7 Å². The standard InChI is InChI=1S/C32H40ClN3O4S/c1-24(2)22-34-32(38)30(21-26-12-6-5-7-13-26)35(23-27-16-18-28(33)19-17-27)31(37)15-10-20-36(41(4,39)40)29-14-9-8-11-25(29)3/h5-9,11-14,16-19,24,30H,10,15,20-23H2,1-4H3,(H,34,38). The molecule has 9 heteroatoms. The van der Waals surface area contributed by atoms with Gasteiger partial charge < -0.3 is 10.2 Å². The number of hydrogen-bond donors (Lipinski definition) is 1. The zero-order valence-electron chi connectivity index (χ0n) is 24.2. The maximum absolute atomic E-state index is 13.9. The molecule has 0 aromatic heterocycles. The zero-order chi connectivity index (χ0) is 30.0. The van der Waals surface area contributed by atoms with Gasteiger partial charge in [0.1, 0.15) is 6.04 Å². The van der Waals surface area contributed by atoms with Crippen LogP contribution in [0.3, 0.4) is 0 Å². The third-order valence-corrected chi connectivity index (χ3v) is 8.19. The van der Waals surface area contributed by atoms with Crippen molar-refractivity contribution in [1.82, 2.24) is 10.2 Å². The number of carbonyl (C=O) groups is 2. The monoisotopic (exact) mass is 597 g/mol. The molecule has 1 N–H and O–H groups in total. The van der Waals surface area contributed by atoms with Crippen LogP contribution in [-0.2, 0) is 32.6 Å². The first kappa shape index (κ1) is 32.2. The van der Waals surface area contributed by atoms with Gasteiger partial charge in [-0.05, 0) is 54.2 Å². The number of anilines is 1. The number of halogens is 1. The number of aryl methyl sites for hydroxylation is 1. The molecule has 0 saturated heterocycles. The Balaban J connectivity index is 1.88. The van der Waals surface area contributed by atoms with Crippen molar-refractivity contribution in [2.75, 3.05) is 23.7 Å². The molecule has 0 radical (unpaired) electrons. The third-order valence-electron chi connectivity index (χ3n) is 6.76. The summed E-state index contributed by atoms with van der Waals surface area (Å²) >= 11 is 6.10. The number of amides is 2. The molecule has 0 aliphatic heterocycles. The molecule has 0 aliphatic carbocycles. The molecule has 0 aliphatic rings. The Bertz CT molecular complexity index is 1400. The molecule has 1 unspecified atom stereocenters. The van der Waals surface area contributed by atoms with Crippen LogP contribution in [-0.4, -0.2) is 50.5 Å². The number of para-hydroxylation sites is 1. The largest absolute Gasteiger partial charge is 0.354 e. The fraction of sp³-hybridized carbons (Fsp3) is 0.375. The van der Waals surface area contributed by atoms with Gasteiger partial charge in [0.25, 0.3) is 0 Å². The molecule has 0 saturated carbocycles. The van der Waals surface area contributed by atoms with Crippen LogP contribution in [0.2, 0.25) is 5.02 Å². The Morgan fingerprint density at radius 3 is 2.15 bits per heavy atom. The van der Waals surface area contributed by atoms with Gasteiger partial charge in [-0.2, -0.15) is 0 Å². The van der Waals surface area contributed by atoms with Crippen LogP contribution in [0, 0.1) is 12.8 Å². The van der Waals surface area contributed by atoms with Crippen LogP contribution in [0.1, 0.15) is 43.4 Å². The Hall–Kier alpha value is -3.36. The van der Waals surface area contributed by atoms with Gasteiger partial charge in [-0.15, -0.1) is 0 Å². The first-order chi connectivity index (χ1) is 19.5. The molecule has 3 rings (SSSR count). The lowest BCUT2D eigenvalue weighted by molar-refractivity contribution is -0.141. The van der Waals surface area contributed by atoms with Crippen LogP contribution >= 0.6 is 11.6 Å². The smallest absolute Gasteiger partial charge is 0.243 e. The number of sulfonamides is 1. The topological polar surface area (TPSA) is 86.8 Å². The Morgan fingerprint density at radius 2 is 1.54 bits per heavy atom. The fourth-order valence-corrected chi connectivity index (χ4v) is 5.74. The number of nitrogens with one attached hydrogen (secondary N) is 1. The highest BCUT2D eigenvalue weighted by Crippen LogP contribution is 2.23. The van der Waals surface area contributed by atoms with Gasteiger partial charge in [-0.25, -0.2) is 8.42 Å². The van der Waals surface area contributed by atoms with E-state index in [0.29, 0.717) is 30.1 Å². The number of rotatable bonds is 14. The van der Waals surface area contributed by atoms with Gasteiger partial charge in [-0.3, -0.25) is 13.9 Å². The van der Waals surface area contributed by atoms with Crippen molar-refractivity contribution in [2.24, 2.45) is 5.92 Å². The second-order valence-electron chi connectivity index (χ2n) is 10.7. The van der Waals surface area contributed by atoms with Crippen molar-refractivity contribution < 1.29 is 18.0 Å². The molecule has 3 aromatic carbocycles.